The van der Waals surface area contributed by atoms with E-state index in [1.165, 1.54) is 0 Å². The van der Waals surface area contributed by atoms with Crippen LogP contribution in [0.5, 0.6) is 0 Å². The van der Waals surface area contributed by atoms with Gasteiger partial charge in [0.2, 0.25) is 5.91 Å². The van der Waals surface area contributed by atoms with Crippen molar-refractivity contribution in [3.8, 4) is 0 Å². The Kier molecular flexibility index (Phi) is 4.52. The predicted octanol–water partition coefficient (Wildman–Crippen LogP) is 0.795. The number of rotatable bonds is 7. The van der Waals surface area contributed by atoms with E-state index in [9.17, 15) is 9.59 Å². The van der Waals surface area contributed by atoms with Gasteiger partial charge in [0.1, 0.15) is 0 Å². The van der Waals surface area contributed by atoms with Crippen molar-refractivity contribution in [1.82, 2.24) is 10.6 Å². The van der Waals surface area contributed by atoms with Crippen LogP contribution in [-0.4, -0.2) is 36.1 Å². The highest BCUT2D eigenvalue weighted by atomic mass is 16.4. The van der Waals surface area contributed by atoms with E-state index in [2.05, 4.69) is 10.6 Å². The zero-order chi connectivity index (χ0) is 13.7. The number of carbonyl (C=O) groups excluding carboxylic acids is 1. The van der Waals surface area contributed by atoms with Crippen LogP contribution < -0.4 is 10.6 Å². The largest absolute Gasteiger partial charge is 0.478 e. The lowest BCUT2D eigenvalue weighted by Gasteiger charge is -2.08. The first-order valence-electron chi connectivity index (χ1n) is 6.48. The molecule has 3 N–H and O–H groups in total. The Morgan fingerprint density at radius 3 is 2.68 bits per heavy atom. The molecule has 0 atom stereocenters. The molecule has 0 radical (unpaired) electrons. The fraction of sp³-hybridized carbons (Fsp3) is 0.429. The summed E-state index contributed by atoms with van der Waals surface area (Å²) in [5, 5.41) is 14.9. The Morgan fingerprint density at radius 2 is 2.00 bits per heavy atom. The van der Waals surface area contributed by atoms with Gasteiger partial charge in [-0.3, -0.25) is 4.79 Å². The van der Waals surface area contributed by atoms with Crippen molar-refractivity contribution in [2.45, 2.75) is 25.3 Å². The van der Waals surface area contributed by atoms with Crippen LogP contribution in [0, 0.1) is 0 Å². The van der Waals surface area contributed by atoms with E-state index >= 15 is 0 Å². The molecule has 1 aliphatic rings. The molecule has 1 fully saturated rings. The molecule has 1 amide bonds. The molecular formula is C14H18N2O3. The number of benzene rings is 1. The van der Waals surface area contributed by atoms with E-state index in [4.69, 9.17) is 5.11 Å². The molecule has 0 aromatic heterocycles. The lowest BCUT2D eigenvalue weighted by atomic mass is 10.0. The number of nitrogens with one attached hydrogen (secondary N) is 2. The molecule has 1 aromatic rings. The Labute approximate surface area is 112 Å². The second-order valence-electron chi connectivity index (χ2n) is 4.72. The number of carbonyl (C=O) groups is 2. The summed E-state index contributed by atoms with van der Waals surface area (Å²) < 4.78 is 0. The third kappa shape index (κ3) is 4.37. The molecule has 1 aromatic carbocycles. The molecule has 0 spiro atoms. The van der Waals surface area contributed by atoms with E-state index in [0.29, 0.717) is 31.1 Å². The van der Waals surface area contributed by atoms with E-state index in [1.54, 1.807) is 24.3 Å². The summed E-state index contributed by atoms with van der Waals surface area (Å²) in [6.07, 6.45) is 2.83. The highest BCUT2D eigenvalue weighted by Gasteiger charge is 2.20. The Morgan fingerprint density at radius 1 is 1.26 bits per heavy atom. The Bertz CT molecular complexity index is 470. The molecule has 0 bridgehead atoms. The summed E-state index contributed by atoms with van der Waals surface area (Å²) >= 11 is 0. The van der Waals surface area contributed by atoms with Crippen LogP contribution in [0.2, 0.25) is 0 Å². The predicted molar refractivity (Wildman–Crippen MR) is 71.1 cm³/mol. The lowest BCUT2D eigenvalue weighted by Crippen LogP contribution is -2.35. The number of amides is 1. The Balaban J connectivity index is 1.75. The van der Waals surface area contributed by atoms with Gasteiger partial charge in [-0.25, -0.2) is 4.79 Å². The molecule has 2 rings (SSSR count). The molecule has 0 heterocycles. The minimum atomic E-state index is -0.933. The molecular weight excluding hydrogens is 244 g/mol. The number of carboxylic acids is 1. The first-order chi connectivity index (χ1) is 9.16. The summed E-state index contributed by atoms with van der Waals surface area (Å²) in [6, 6.07) is 7.37. The molecule has 0 saturated heterocycles. The Hall–Kier alpha value is -1.88. The van der Waals surface area contributed by atoms with Gasteiger partial charge >= 0.3 is 5.97 Å². The summed E-state index contributed by atoms with van der Waals surface area (Å²) in [5.41, 5.74) is 1.04. The van der Waals surface area contributed by atoms with Crippen LogP contribution in [0.25, 0.3) is 0 Å². The zero-order valence-corrected chi connectivity index (χ0v) is 10.7. The minimum absolute atomic E-state index is 0.0419. The number of aromatic carboxylic acids is 1. The molecule has 1 saturated carbocycles. The number of hydrogen-bond acceptors (Lipinski definition) is 3. The van der Waals surface area contributed by atoms with Gasteiger partial charge in [0, 0.05) is 12.6 Å². The summed E-state index contributed by atoms with van der Waals surface area (Å²) in [5.74, 6) is -0.975. The van der Waals surface area contributed by atoms with Crippen LogP contribution in [-0.2, 0) is 11.2 Å². The monoisotopic (exact) mass is 262 g/mol. The standard InChI is InChI=1S/C14H18N2O3/c17-13(9-16-11-5-6-11)15-8-7-10-3-1-2-4-12(10)14(18)19/h1-4,11,16H,5-9H2,(H,15,17)(H,18,19). The average molecular weight is 262 g/mol. The van der Waals surface area contributed by atoms with Gasteiger partial charge < -0.3 is 15.7 Å². The van der Waals surface area contributed by atoms with Gasteiger partial charge in [-0.1, -0.05) is 18.2 Å². The van der Waals surface area contributed by atoms with Crippen molar-refractivity contribution < 1.29 is 14.7 Å². The summed E-state index contributed by atoms with van der Waals surface area (Å²) in [4.78, 5) is 22.5. The van der Waals surface area contributed by atoms with Crippen molar-refractivity contribution in [2.24, 2.45) is 0 Å². The van der Waals surface area contributed by atoms with Gasteiger partial charge in [0.05, 0.1) is 12.1 Å². The summed E-state index contributed by atoms with van der Waals surface area (Å²) in [6.45, 7) is 0.792. The average Bonchev–Trinajstić information content (AvgIpc) is 3.21. The van der Waals surface area contributed by atoms with Gasteiger partial charge in [-0.15, -0.1) is 0 Å². The topological polar surface area (TPSA) is 78.4 Å². The van der Waals surface area contributed by atoms with Crippen molar-refractivity contribution in [2.75, 3.05) is 13.1 Å². The molecule has 19 heavy (non-hydrogen) atoms. The van der Waals surface area contributed by atoms with E-state index in [1.807, 2.05) is 0 Å². The van der Waals surface area contributed by atoms with Gasteiger partial charge in [-0.05, 0) is 30.9 Å². The smallest absolute Gasteiger partial charge is 0.335 e. The molecule has 102 valence electrons. The normalized spacial score (nSPS) is 14.1. The quantitative estimate of drug-likeness (QED) is 0.679. The summed E-state index contributed by atoms with van der Waals surface area (Å²) in [7, 11) is 0. The van der Waals surface area contributed by atoms with Crippen LogP contribution in [0.15, 0.2) is 24.3 Å². The first-order valence-corrected chi connectivity index (χ1v) is 6.48. The second-order valence-corrected chi connectivity index (χ2v) is 4.72. The van der Waals surface area contributed by atoms with Crippen molar-refractivity contribution in [1.29, 1.82) is 0 Å². The maximum atomic E-state index is 11.5. The number of carboxylic acid groups (broad SMARTS) is 1. The lowest BCUT2D eigenvalue weighted by molar-refractivity contribution is -0.120. The third-order valence-corrected chi connectivity index (χ3v) is 3.09. The molecule has 0 unspecified atom stereocenters. The molecule has 1 aliphatic carbocycles. The van der Waals surface area contributed by atoms with E-state index in [-0.39, 0.29) is 5.91 Å². The van der Waals surface area contributed by atoms with Crippen molar-refractivity contribution in [3.63, 3.8) is 0 Å². The number of hydrogen-bond donors (Lipinski definition) is 3. The van der Waals surface area contributed by atoms with Crippen LogP contribution in [0.3, 0.4) is 0 Å². The maximum absolute atomic E-state index is 11.5. The van der Waals surface area contributed by atoms with Crippen molar-refractivity contribution in [3.05, 3.63) is 35.4 Å². The van der Waals surface area contributed by atoms with Gasteiger partial charge in [-0.2, -0.15) is 0 Å². The van der Waals surface area contributed by atoms with Crippen molar-refractivity contribution >= 4 is 11.9 Å². The van der Waals surface area contributed by atoms with E-state index in [0.717, 1.165) is 18.4 Å². The van der Waals surface area contributed by atoms with Crippen LogP contribution >= 0.6 is 0 Å². The fourth-order valence-corrected chi connectivity index (χ4v) is 1.87. The maximum Gasteiger partial charge on any atom is 0.335 e. The minimum Gasteiger partial charge on any atom is -0.478 e. The fourth-order valence-electron chi connectivity index (χ4n) is 1.87. The second kappa shape index (κ2) is 6.33. The van der Waals surface area contributed by atoms with Crippen LogP contribution in [0.4, 0.5) is 0 Å². The zero-order valence-electron chi connectivity index (χ0n) is 10.7. The highest BCUT2D eigenvalue weighted by Crippen LogP contribution is 2.17. The van der Waals surface area contributed by atoms with Gasteiger partial charge in [0.25, 0.3) is 0 Å². The molecule has 5 nitrogen and oxygen atoms in total. The molecule has 0 aliphatic heterocycles. The molecule has 5 heteroatoms. The first kappa shape index (κ1) is 13.5. The third-order valence-electron chi connectivity index (χ3n) is 3.09. The van der Waals surface area contributed by atoms with E-state index < -0.39 is 5.97 Å². The van der Waals surface area contributed by atoms with Gasteiger partial charge in [0.15, 0.2) is 0 Å². The SMILES string of the molecule is O=C(CNC1CC1)NCCc1ccccc1C(=O)O. The van der Waals surface area contributed by atoms with Crippen LogP contribution in [0.1, 0.15) is 28.8 Å². The highest BCUT2D eigenvalue weighted by molar-refractivity contribution is 5.89.